The van der Waals surface area contributed by atoms with Gasteiger partial charge in [0.2, 0.25) is 16.0 Å². The summed E-state index contributed by atoms with van der Waals surface area (Å²) in [6, 6.07) is 6.34. The number of anilines is 1. The molecule has 11 heteroatoms. The SMILES string of the molecule is O=[N+]([O-])c1cnc(NC2CCCN(S(=O)(=O)c3ccc(Br)cc3)C2)nc1. The third-order valence-corrected chi connectivity index (χ3v) is 6.43. The average Bonchev–Trinajstić information content (AvgIpc) is 2.63. The van der Waals surface area contributed by atoms with Gasteiger partial charge in [0, 0.05) is 23.6 Å². The Labute approximate surface area is 158 Å². The lowest BCUT2D eigenvalue weighted by molar-refractivity contribution is -0.385. The third kappa shape index (κ3) is 4.17. The van der Waals surface area contributed by atoms with Gasteiger partial charge < -0.3 is 5.32 Å². The summed E-state index contributed by atoms with van der Waals surface area (Å²) in [6.45, 7) is 0.719. The molecule has 0 bridgehead atoms. The molecule has 1 unspecified atom stereocenters. The number of aromatic nitrogens is 2. The lowest BCUT2D eigenvalue weighted by Crippen LogP contribution is -2.45. The predicted molar refractivity (Wildman–Crippen MR) is 98.2 cm³/mol. The summed E-state index contributed by atoms with van der Waals surface area (Å²) in [4.78, 5) is 18.1. The van der Waals surface area contributed by atoms with E-state index in [2.05, 4.69) is 31.2 Å². The summed E-state index contributed by atoms with van der Waals surface area (Å²) in [5.74, 6) is 0.239. The smallest absolute Gasteiger partial charge is 0.305 e. The molecule has 26 heavy (non-hydrogen) atoms. The molecule has 1 aliphatic heterocycles. The number of halogens is 1. The van der Waals surface area contributed by atoms with Crippen LogP contribution in [0.1, 0.15) is 12.8 Å². The third-order valence-electron chi connectivity index (χ3n) is 4.02. The number of nitrogens with one attached hydrogen (secondary N) is 1. The Kier molecular flexibility index (Phi) is 5.49. The number of hydrogen-bond acceptors (Lipinski definition) is 7. The van der Waals surface area contributed by atoms with Crippen molar-refractivity contribution in [1.82, 2.24) is 14.3 Å². The number of rotatable bonds is 5. The van der Waals surface area contributed by atoms with Crippen LogP contribution < -0.4 is 5.32 Å². The fourth-order valence-corrected chi connectivity index (χ4v) is 4.49. The first kappa shape index (κ1) is 18.7. The van der Waals surface area contributed by atoms with E-state index in [1.54, 1.807) is 24.3 Å². The van der Waals surface area contributed by atoms with E-state index in [-0.39, 0.29) is 29.1 Å². The Balaban J connectivity index is 1.70. The second kappa shape index (κ2) is 7.64. The predicted octanol–water partition coefficient (Wildman–Crippen LogP) is 2.41. The van der Waals surface area contributed by atoms with Crippen LogP contribution in [0.3, 0.4) is 0 Å². The minimum atomic E-state index is -3.58. The molecule has 1 saturated heterocycles. The lowest BCUT2D eigenvalue weighted by atomic mass is 10.1. The van der Waals surface area contributed by atoms with Crippen LogP contribution in [0, 0.1) is 10.1 Å². The van der Waals surface area contributed by atoms with Gasteiger partial charge >= 0.3 is 5.69 Å². The van der Waals surface area contributed by atoms with Gasteiger partial charge in [-0.15, -0.1) is 0 Å². The molecule has 1 N–H and O–H groups in total. The van der Waals surface area contributed by atoms with E-state index in [4.69, 9.17) is 0 Å². The topological polar surface area (TPSA) is 118 Å². The molecule has 0 spiro atoms. The molecule has 1 aromatic heterocycles. The van der Waals surface area contributed by atoms with Gasteiger partial charge in [-0.05, 0) is 37.1 Å². The number of nitro groups is 1. The fraction of sp³-hybridized carbons (Fsp3) is 0.333. The zero-order valence-electron chi connectivity index (χ0n) is 13.6. The van der Waals surface area contributed by atoms with Crippen LogP contribution in [-0.2, 0) is 10.0 Å². The highest BCUT2D eigenvalue weighted by atomic mass is 79.9. The Morgan fingerprint density at radius 1 is 1.23 bits per heavy atom. The van der Waals surface area contributed by atoms with Gasteiger partial charge in [0.05, 0.1) is 9.82 Å². The maximum atomic E-state index is 12.8. The van der Waals surface area contributed by atoms with Gasteiger partial charge in [0.25, 0.3) is 0 Å². The van der Waals surface area contributed by atoms with Crippen molar-refractivity contribution < 1.29 is 13.3 Å². The minimum absolute atomic E-state index is 0.171. The van der Waals surface area contributed by atoms with Crippen LogP contribution in [0.4, 0.5) is 11.6 Å². The standard InChI is InChI=1S/C15H16BrN5O4S/c16-11-3-5-14(6-4-11)26(24,25)20-7-1-2-12(10-20)19-15-17-8-13(9-18-15)21(22)23/h3-6,8-9,12H,1-2,7,10H2,(H,17,18,19). The summed E-state index contributed by atoms with van der Waals surface area (Å²) < 4.78 is 27.8. The van der Waals surface area contributed by atoms with Crippen LogP contribution in [0.25, 0.3) is 0 Å². The molecule has 1 aromatic carbocycles. The van der Waals surface area contributed by atoms with Crippen molar-refractivity contribution in [2.24, 2.45) is 0 Å². The highest BCUT2D eigenvalue weighted by molar-refractivity contribution is 9.10. The van der Waals surface area contributed by atoms with Crippen molar-refractivity contribution in [1.29, 1.82) is 0 Å². The molecule has 0 radical (unpaired) electrons. The fourth-order valence-electron chi connectivity index (χ4n) is 2.71. The van der Waals surface area contributed by atoms with E-state index in [0.717, 1.165) is 23.3 Å². The highest BCUT2D eigenvalue weighted by Crippen LogP contribution is 2.23. The van der Waals surface area contributed by atoms with Crippen LogP contribution >= 0.6 is 15.9 Å². The molecule has 0 aliphatic carbocycles. The lowest BCUT2D eigenvalue weighted by Gasteiger charge is -2.32. The van der Waals surface area contributed by atoms with E-state index < -0.39 is 14.9 Å². The van der Waals surface area contributed by atoms with Crippen molar-refractivity contribution in [2.45, 2.75) is 23.8 Å². The zero-order valence-corrected chi connectivity index (χ0v) is 16.0. The molecule has 1 atom stereocenters. The molecule has 1 fully saturated rings. The number of sulfonamides is 1. The number of piperidine rings is 1. The Bertz CT molecular complexity index is 889. The zero-order chi connectivity index (χ0) is 18.7. The van der Waals surface area contributed by atoms with Crippen LogP contribution in [0.5, 0.6) is 0 Å². The Hall–Kier alpha value is -2.11. The Morgan fingerprint density at radius 2 is 1.88 bits per heavy atom. The van der Waals surface area contributed by atoms with Crippen LogP contribution in [-0.4, -0.2) is 46.7 Å². The van der Waals surface area contributed by atoms with Gasteiger partial charge in [0.1, 0.15) is 12.4 Å². The first-order valence-corrected chi connectivity index (χ1v) is 10.1. The van der Waals surface area contributed by atoms with Crippen molar-refractivity contribution >= 4 is 37.6 Å². The van der Waals surface area contributed by atoms with Gasteiger partial charge in [-0.1, -0.05) is 15.9 Å². The van der Waals surface area contributed by atoms with Gasteiger partial charge in [-0.2, -0.15) is 4.31 Å². The monoisotopic (exact) mass is 441 g/mol. The molecule has 2 heterocycles. The second-order valence-corrected chi connectivity index (χ2v) is 8.68. The molecule has 1 aliphatic rings. The number of hydrogen-bond donors (Lipinski definition) is 1. The maximum Gasteiger partial charge on any atom is 0.305 e. The number of benzene rings is 1. The quantitative estimate of drug-likeness (QED) is 0.558. The first-order valence-electron chi connectivity index (χ1n) is 7.85. The molecule has 0 saturated carbocycles. The molecule has 0 amide bonds. The molecule has 3 rings (SSSR count). The summed E-state index contributed by atoms with van der Waals surface area (Å²) in [7, 11) is -3.58. The molecule has 2 aromatic rings. The van der Waals surface area contributed by atoms with Gasteiger partial charge in [-0.3, -0.25) is 10.1 Å². The van der Waals surface area contributed by atoms with E-state index >= 15 is 0 Å². The van der Waals surface area contributed by atoms with Gasteiger partial charge in [-0.25, -0.2) is 18.4 Å². The van der Waals surface area contributed by atoms with E-state index in [1.165, 1.54) is 4.31 Å². The van der Waals surface area contributed by atoms with E-state index in [0.29, 0.717) is 13.0 Å². The minimum Gasteiger partial charge on any atom is -0.350 e. The summed E-state index contributed by atoms with van der Waals surface area (Å²) in [5.41, 5.74) is -0.196. The van der Waals surface area contributed by atoms with Crippen LogP contribution in [0.2, 0.25) is 0 Å². The van der Waals surface area contributed by atoms with Crippen molar-refractivity contribution in [3.63, 3.8) is 0 Å². The van der Waals surface area contributed by atoms with Crippen molar-refractivity contribution in [3.05, 3.63) is 51.2 Å². The highest BCUT2D eigenvalue weighted by Gasteiger charge is 2.30. The first-order chi connectivity index (χ1) is 12.4. The van der Waals surface area contributed by atoms with Crippen LogP contribution in [0.15, 0.2) is 46.0 Å². The van der Waals surface area contributed by atoms with E-state index in [1.807, 2.05) is 0 Å². The van der Waals surface area contributed by atoms with Crippen molar-refractivity contribution in [3.8, 4) is 0 Å². The Morgan fingerprint density at radius 3 is 2.50 bits per heavy atom. The average molecular weight is 442 g/mol. The summed E-state index contributed by atoms with van der Waals surface area (Å²) in [6.07, 6.45) is 3.69. The molecular formula is C15H16BrN5O4S. The largest absolute Gasteiger partial charge is 0.350 e. The summed E-state index contributed by atoms with van der Waals surface area (Å²) >= 11 is 3.29. The molecule has 138 valence electrons. The molecular weight excluding hydrogens is 426 g/mol. The summed E-state index contributed by atoms with van der Waals surface area (Å²) in [5, 5.41) is 13.7. The second-order valence-electron chi connectivity index (χ2n) is 5.82. The maximum absolute atomic E-state index is 12.8. The molecule has 9 nitrogen and oxygen atoms in total. The van der Waals surface area contributed by atoms with E-state index in [9.17, 15) is 18.5 Å². The van der Waals surface area contributed by atoms with Crippen molar-refractivity contribution in [2.75, 3.05) is 18.4 Å². The normalized spacial score (nSPS) is 18.4. The number of nitrogens with zero attached hydrogens (tertiary/aromatic N) is 4. The van der Waals surface area contributed by atoms with Gasteiger partial charge in [0.15, 0.2) is 0 Å².